The number of nitrogens with zero attached hydrogens (tertiary/aromatic N) is 1. The lowest BCUT2D eigenvalue weighted by Gasteiger charge is -2.20. The van der Waals surface area contributed by atoms with Crippen molar-refractivity contribution in [2.75, 3.05) is 13.4 Å². The van der Waals surface area contributed by atoms with Gasteiger partial charge in [0.1, 0.15) is 12.8 Å². The first-order valence-electron chi connectivity index (χ1n) is 6.01. The molecule has 0 spiro atoms. The molecule has 6 heteroatoms. The molecule has 0 aromatic heterocycles. The molecule has 1 aromatic rings. The van der Waals surface area contributed by atoms with Gasteiger partial charge in [0.2, 0.25) is 0 Å². The summed E-state index contributed by atoms with van der Waals surface area (Å²) < 4.78 is 5.27. The summed E-state index contributed by atoms with van der Waals surface area (Å²) in [6.45, 7) is 2.06. The highest BCUT2D eigenvalue weighted by atomic mass is 16.5. The second-order valence-corrected chi connectivity index (χ2v) is 4.40. The van der Waals surface area contributed by atoms with Gasteiger partial charge in [0.25, 0.3) is 5.91 Å². The Bertz CT molecular complexity index is 463. The van der Waals surface area contributed by atoms with Crippen LogP contribution in [0, 0.1) is 0 Å². The van der Waals surface area contributed by atoms with E-state index in [1.165, 1.54) is 0 Å². The van der Waals surface area contributed by atoms with E-state index in [9.17, 15) is 9.59 Å². The molecule has 2 atom stereocenters. The largest absolute Gasteiger partial charge is 0.480 e. The molecule has 0 unspecified atom stereocenters. The van der Waals surface area contributed by atoms with Crippen molar-refractivity contribution in [3.8, 4) is 0 Å². The van der Waals surface area contributed by atoms with Crippen molar-refractivity contribution in [2.24, 2.45) is 0 Å². The maximum Gasteiger partial charge on any atom is 0.323 e. The summed E-state index contributed by atoms with van der Waals surface area (Å²) in [6.07, 6.45) is -0.383. The molecule has 0 bridgehead atoms. The number of rotatable bonds is 4. The molecule has 19 heavy (non-hydrogen) atoms. The summed E-state index contributed by atoms with van der Waals surface area (Å²) in [4.78, 5) is 24.5. The first-order valence-corrected chi connectivity index (χ1v) is 6.01. The number of carboxylic acids is 1. The first kappa shape index (κ1) is 13.5. The molecule has 6 nitrogen and oxygen atoms in total. The summed E-state index contributed by atoms with van der Waals surface area (Å²) >= 11 is 0. The van der Waals surface area contributed by atoms with E-state index in [-0.39, 0.29) is 25.4 Å². The Kier molecular flexibility index (Phi) is 4.13. The van der Waals surface area contributed by atoms with Gasteiger partial charge in [0.05, 0.1) is 12.8 Å². The number of hydrogen-bond donors (Lipinski definition) is 2. The van der Waals surface area contributed by atoms with Crippen LogP contribution in [-0.2, 0) is 9.53 Å². The van der Waals surface area contributed by atoms with E-state index in [1.807, 2.05) is 6.07 Å². The fraction of sp³-hybridized carbons (Fsp3) is 0.385. The molecule has 2 rings (SSSR count). The van der Waals surface area contributed by atoms with Crippen molar-refractivity contribution in [1.82, 2.24) is 10.2 Å². The molecule has 1 fully saturated rings. The quantitative estimate of drug-likeness (QED) is 0.828. The van der Waals surface area contributed by atoms with Crippen LogP contribution in [0.4, 0.5) is 0 Å². The van der Waals surface area contributed by atoms with Crippen LogP contribution in [0.25, 0.3) is 0 Å². The van der Waals surface area contributed by atoms with Gasteiger partial charge in [0, 0.05) is 5.56 Å². The van der Waals surface area contributed by atoms with Crippen molar-refractivity contribution in [3.05, 3.63) is 35.9 Å². The number of carbonyl (C=O) groups excluding carboxylic acids is 1. The number of nitrogens with one attached hydrogen (secondary N) is 1. The summed E-state index contributed by atoms with van der Waals surface area (Å²) in [5.74, 6) is -1.18. The molecular weight excluding hydrogens is 248 g/mol. The van der Waals surface area contributed by atoms with Gasteiger partial charge in [-0.25, -0.2) is 4.90 Å². The van der Waals surface area contributed by atoms with Gasteiger partial charge >= 0.3 is 5.97 Å². The number of amides is 1. The fourth-order valence-electron chi connectivity index (χ4n) is 2.05. The molecule has 1 amide bonds. The average Bonchev–Trinajstić information content (AvgIpc) is 2.78. The lowest BCUT2D eigenvalue weighted by Crippen LogP contribution is -2.46. The summed E-state index contributed by atoms with van der Waals surface area (Å²) in [7, 11) is 0. The van der Waals surface area contributed by atoms with Crippen LogP contribution >= 0.6 is 0 Å². The van der Waals surface area contributed by atoms with Crippen molar-refractivity contribution in [3.63, 3.8) is 0 Å². The van der Waals surface area contributed by atoms with Gasteiger partial charge < -0.3 is 15.2 Å². The standard InChI is InChI=1S/C13H16N2O4/c1-9-11(13(17)18)15(8-19-9)7-14-12(16)10-5-3-2-4-6-10/h2-6,9,11H,7-8H2,1H3,(H,14,16)(H,17,18)/t9-,11+/m1/s1. The topological polar surface area (TPSA) is 78.9 Å². The minimum Gasteiger partial charge on any atom is -0.480 e. The molecule has 1 aliphatic rings. The molecule has 1 saturated heterocycles. The molecule has 0 aliphatic carbocycles. The molecule has 1 heterocycles. The zero-order valence-electron chi connectivity index (χ0n) is 10.6. The fourth-order valence-corrected chi connectivity index (χ4v) is 2.05. The minimum atomic E-state index is -0.945. The SMILES string of the molecule is C[C@H]1OCN(CNC(=O)c2ccccc2)[C@@H]1C(=O)O. The van der Waals surface area contributed by atoms with Crippen LogP contribution in [-0.4, -0.2) is 47.4 Å². The van der Waals surface area contributed by atoms with E-state index >= 15 is 0 Å². The third kappa shape index (κ3) is 3.10. The maximum atomic E-state index is 11.8. The first-order chi connectivity index (χ1) is 9.09. The zero-order chi connectivity index (χ0) is 13.8. The van der Waals surface area contributed by atoms with Crippen molar-refractivity contribution >= 4 is 11.9 Å². The average molecular weight is 264 g/mol. The van der Waals surface area contributed by atoms with Gasteiger partial charge in [-0.3, -0.25) is 9.59 Å². The summed E-state index contributed by atoms with van der Waals surface area (Å²) in [5, 5.41) is 11.8. The number of aliphatic carboxylic acids is 1. The highest BCUT2D eigenvalue weighted by Gasteiger charge is 2.37. The van der Waals surface area contributed by atoms with Crippen LogP contribution in [0.2, 0.25) is 0 Å². The molecule has 0 saturated carbocycles. The van der Waals surface area contributed by atoms with Crippen molar-refractivity contribution in [1.29, 1.82) is 0 Å². The Morgan fingerprint density at radius 3 is 2.74 bits per heavy atom. The van der Waals surface area contributed by atoms with Crippen molar-refractivity contribution < 1.29 is 19.4 Å². The van der Waals surface area contributed by atoms with E-state index in [0.717, 1.165) is 0 Å². The monoisotopic (exact) mass is 264 g/mol. The highest BCUT2D eigenvalue weighted by Crippen LogP contribution is 2.16. The Labute approximate surface area is 111 Å². The predicted octanol–water partition coefficient (Wildman–Crippen LogP) is 0.505. The molecular formula is C13H16N2O4. The van der Waals surface area contributed by atoms with Gasteiger partial charge in [0.15, 0.2) is 0 Å². The normalized spacial score (nSPS) is 23.2. The number of carboxylic acid groups (broad SMARTS) is 1. The van der Waals surface area contributed by atoms with Crippen LogP contribution < -0.4 is 5.32 Å². The van der Waals surface area contributed by atoms with Crippen LogP contribution in [0.5, 0.6) is 0 Å². The molecule has 0 radical (unpaired) electrons. The van der Waals surface area contributed by atoms with Gasteiger partial charge in [-0.2, -0.15) is 0 Å². The summed E-state index contributed by atoms with van der Waals surface area (Å²) in [5.41, 5.74) is 0.544. The molecule has 1 aromatic carbocycles. The summed E-state index contributed by atoms with van der Waals surface area (Å²) in [6, 6.07) is 8.05. The van der Waals surface area contributed by atoms with E-state index < -0.39 is 12.0 Å². The lowest BCUT2D eigenvalue weighted by molar-refractivity contribution is -0.142. The zero-order valence-corrected chi connectivity index (χ0v) is 10.6. The number of ether oxygens (including phenoxy) is 1. The van der Waals surface area contributed by atoms with Gasteiger partial charge in [-0.15, -0.1) is 0 Å². The van der Waals surface area contributed by atoms with Crippen LogP contribution in [0.15, 0.2) is 30.3 Å². The Hall–Kier alpha value is -1.92. The van der Waals surface area contributed by atoms with E-state index in [2.05, 4.69) is 5.32 Å². The van der Waals surface area contributed by atoms with E-state index in [1.54, 1.807) is 36.1 Å². The number of hydrogen-bond acceptors (Lipinski definition) is 4. The predicted molar refractivity (Wildman–Crippen MR) is 67.5 cm³/mol. The molecule has 2 N–H and O–H groups in total. The maximum absolute atomic E-state index is 11.8. The highest BCUT2D eigenvalue weighted by molar-refractivity contribution is 5.94. The second kappa shape index (κ2) is 5.81. The van der Waals surface area contributed by atoms with Crippen LogP contribution in [0.1, 0.15) is 17.3 Å². The van der Waals surface area contributed by atoms with Crippen LogP contribution in [0.3, 0.4) is 0 Å². The number of carbonyl (C=O) groups is 2. The molecule has 102 valence electrons. The Morgan fingerprint density at radius 1 is 1.42 bits per heavy atom. The third-order valence-electron chi connectivity index (χ3n) is 3.07. The smallest absolute Gasteiger partial charge is 0.323 e. The minimum absolute atomic E-state index is 0.148. The lowest BCUT2D eigenvalue weighted by atomic mass is 10.2. The van der Waals surface area contributed by atoms with Gasteiger partial charge in [-0.05, 0) is 19.1 Å². The second-order valence-electron chi connectivity index (χ2n) is 4.40. The van der Waals surface area contributed by atoms with E-state index in [0.29, 0.717) is 5.56 Å². The Balaban J connectivity index is 1.92. The van der Waals surface area contributed by atoms with E-state index in [4.69, 9.17) is 9.84 Å². The molecule has 1 aliphatic heterocycles. The Morgan fingerprint density at radius 2 is 2.11 bits per heavy atom. The van der Waals surface area contributed by atoms with Gasteiger partial charge in [-0.1, -0.05) is 18.2 Å². The third-order valence-corrected chi connectivity index (χ3v) is 3.07. The van der Waals surface area contributed by atoms with Crippen molar-refractivity contribution in [2.45, 2.75) is 19.1 Å². The number of benzene rings is 1.